The van der Waals surface area contributed by atoms with E-state index in [0.29, 0.717) is 22.1 Å². The number of hydrogen-bond donors (Lipinski definition) is 1. The molecule has 1 atom stereocenters. The van der Waals surface area contributed by atoms with Crippen LogP contribution < -0.4 is 5.32 Å². The van der Waals surface area contributed by atoms with Crippen molar-refractivity contribution in [1.29, 1.82) is 0 Å². The van der Waals surface area contributed by atoms with Crippen molar-refractivity contribution >= 4 is 44.9 Å². The highest BCUT2D eigenvalue weighted by Crippen LogP contribution is 2.35. The van der Waals surface area contributed by atoms with Crippen LogP contribution in [0.3, 0.4) is 0 Å². The standard InChI is InChI=1S/C15H20ClN3O3S/c1-5-8(2)17-12-10-9(3)11(14(20)22-7-6-21-4)23-13(10)19-15(16)18-12/h8H,5-7H2,1-4H3,(H,17,18,19). The number of ether oxygens (including phenoxy) is 2. The van der Waals surface area contributed by atoms with Crippen molar-refractivity contribution in [3.05, 3.63) is 15.7 Å². The zero-order valence-electron chi connectivity index (χ0n) is 13.6. The summed E-state index contributed by atoms with van der Waals surface area (Å²) in [5.74, 6) is 0.271. The van der Waals surface area contributed by atoms with Crippen LogP contribution in [0, 0.1) is 6.92 Å². The van der Waals surface area contributed by atoms with Crippen LogP contribution in [0.5, 0.6) is 0 Å². The Hall–Kier alpha value is -1.44. The molecule has 0 saturated carbocycles. The van der Waals surface area contributed by atoms with Crippen molar-refractivity contribution in [3.8, 4) is 0 Å². The maximum absolute atomic E-state index is 12.2. The second kappa shape index (κ2) is 7.90. The van der Waals surface area contributed by atoms with Crippen LogP contribution in [-0.2, 0) is 9.47 Å². The smallest absolute Gasteiger partial charge is 0.348 e. The molecule has 0 bridgehead atoms. The van der Waals surface area contributed by atoms with E-state index in [2.05, 4.69) is 29.1 Å². The molecule has 0 saturated heterocycles. The van der Waals surface area contributed by atoms with Crippen LogP contribution >= 0.6 is 22.9 Å². The van der Waals surface area contributed by atoms with Crippen LogP contribution in [0.4, 0.5) is 5.82 Å². The zero-order valence-corrected chi connectivity index (χ0v) is 15.2. The Morgan fingerprint density at radius 1 is 1.39 bits per heavy atom. The number of aromatic nitrogens is 2. The predicted octanol–water partition coefficient (Wildman–Crippen LogP) is 3.67. The summed E-state index contributed by atoms with van der Waals surface area (Å²) in [5, 5.41) is 4.29. The minimum Gasteiger partial charge on any atom is -0.459 e. The van der Waals surface area contributed by atoms with E-state index in [4.69, 9.17) is 21.1 Å². The molecular formula is C15H20ClN3O3S. The van der Waals surface area contributed by atoms with Crippen LogP contribution in [-0.4, -0.2) is 42.3 Å². The molecule has 2 heterocycles. The number of methoxy groups -OCH3 is 1. The molecule has 2 aromatic rings. The molecule has 8 heteroatoms. The van der Waals surface area contributed by atoms with Crippen LogP contribution in [0.25, 0.3) is 10.2 Å². The number of carbonyl (C=O) groups excluding carboxylic acids is 1. The molecule has 6 nitrogen and oxygen atoms in total. The fraction of sp³-hybridized carbons (Fsp3) is 0.533. The van der Waals surface area contributed by atoms with Gasteiger partial charge in [0.2, 0.25) is 5.28 Å². The Kier molecular flexibility index (Phi) is 6.15. The van der Waals surface area contributed by atoms with E-state index >= 15 is 0 Å². The number of anilines is 1. The molecule has 0 aliphatic carbocycles. The maximum atomic E-state index is 12.2. The van der Waals surface area contributed by atoms with E-state index < -0.39 is 0 Å². The minimum atomic E-state index is -0.381. The highest BCUT2D eigenvalue weighted by molar-refractivity contribution is 7.20. The Bertz CT molecular complexity index is 705. The number of aryl methyl sites for hydroxylation is 1. The van der Waals surface area contributed by atoms with Gasteiger partial charge in [-0.25, -0.2) is 14.8 Å². The number of halogens is 1. The first-order valence-corrected chi connectivity index (χ1v) is 8.56. The predicted molar refractivity (Wildman–Crippen MR) is 92.7 cm³/mol. The van der Waals surface area contributed by atoms with Gasteiger partial charge in [-0.1, -0.05) is 6.92 Å². The molecule has 126 valence electrons. The van der Waals surface area contributed by atoms with Crippen molar-refractivity contribution in [2.45, 2.75) is 33.2 Å². The number of esters is 1. The lowest BCUT2D eigenvalue weighted by Crippen LogP contribution is -2.15. The average Bonchev–Trinajstić information content (AvgIpc) is 2.84. The number of rotatable bonds is 7. The summed E-state index contributed by atoms with van der Waals surface area (Å²) < 4.78 is 10.1. The maximum Gasteiger partial charge on any atom is 0.348 e. The molecule has 2 aromatic heterocycles. The quantitative estimate of drug-likeness (QED) is 0.463. The normalized spacial score (nSPS) is 12.4. The summed E-state index contributed by atoms with van der Waals surface area (Å²) in [5.41, 5.74) is 0.801. The van der Waals surface area contributed by atoms with Gasteiger partial charge in [0.15, 0.2) is 0 Å². The van der Waals surface area contributed by atoms with Gasteiger partial charge < -0.3 is 14.8 Å². The number of hydrogen-bond acceptors (Lipinski definition) is 7. The summed E-state index contributed by atoms with van der Waals surface area (Å²) in [4.78, 5) is 21.9. The summed E-state index contributed by atoms with van der Waals surface area (Å²) in [6.07, 6.45) is 0.943. The third-order valence-electron chi connectivity index (χ3n) is 3.46. The van der Waals surface area contributed by atoms with Crippen LogP contribution in [0.2, 0.25) is 5.28 Å². The average molecular weight is 358 g/mol. The van der Waals surface area contributed by atoms with Gasteiger partial charge in [-0.05, 0) is 37.4 Å². The number of thiophene rings is 1. The van der Waals surface area contributed by atoms with E-state index in [9.17, 15) is 4.79 Å². The minimum absolute atomic E-state index is 0.156. The fourth-order valence-electron chi connectivity index (χ4n) is 2.03. The van der Waals surface area contributed by atoms with Crippen molar-refractivity contribution in [1.82, 2.24) is 9.97 Å². The van der Waals surface area contributed by atoms with E-state index in [1.807, 2.05) is 6.92 Å². The molecule has 0 aliphatic heterocycles. The molecule has 0 fully saturated rings. The van der Waals surface area contributed by atoms with Gasteiger partial charge in [0.05, 0.1) is 12.0 Å². The molecule has 0 radical (unpaired) electrons. The lowest BCUT2D eigenvalue weighted by Gasteiger charge is -2.13. The van der Waals surface area contributed by atoms with Crippen LogP contribution in [0.15, 0.2) is 0 Å². The summed E-state index contributed by atoms with van der Waals surface area (Å²) in [6, 6.07) is 0.237. The molecule has 0 aromatic carbocycles. The molecule has 0 spiro atoms. The van der Waals surface area contributed by atoms with E-state index in [1.54, 1.807) is 7.11 Å². The summed E-state index contributed by atoms with van der Waals surface area (Å²) in [7, 11) is 1.56. The van der Waals surface area contributed by atoms with E-state index in [-0.39, 0.29) is 23.9 Å². The van der Waals surface area contributed by atoms with Gasteiger partial charge >= 0.3 is 5.97 Å². The molecule has 1 N–H and O–H groups in total. The first-order valence-electron chi connectivity index (χ1n) is 7.37. The van der Waals surface area contributed by atoms with Gasteiger partial charge in [-0.15, -0.1) is 11.3 Å². The van der Waals surface area contributed by atoms with E-state index in [0.717, 1.165) is 17.4 Å². The Morgan fingerprint density at radius 2 is 2.13 bits per heavy atom. The Balaban J connectivity index is 2.40. The van der Waals surface area contributed by atoms with Gasteiger partial charge in [-0.2, -0.15) is 0 Å². The topological polar surface area (TPSA) is 73.3 Å². The van der Waals surface area contributed by atoms with Crippen molar-refractivity contribution in [2.24, 2.45) is 0 Å². The summed E-state index contributed by atoms with van der Waals surface area (Å²) >= 11 is 7.27. The second-order valence-electron chi connectivity index (χ2n) is 5.16. The first-order chi connectivity index (χ1) is 11.0. The van der Waals surface area contributed by atoms with E-state index in [1.165, 1.54) is 11.3 Å². The van der Waals surface area contributed by atoms with Gasteiger partial charge in [0, 0.05) is 13.2 Å². The fourth-order valence-corrected chi connectivity index (χ4v) is 3.32. The summed E-state index contributed by atoms with van der Waals surface area (Å²) in [6.45, 7) is 6.58. The molecule has 0 aliphatic rings. The lowest BCUT2D eigenvalue weighted by molar-refractivity contribution is 0.0393. The molecule has 0 amide bonds. The van der Waals surface area contributed by atoms with Crippen molar-refractivity contribution in [2.75, 3.05) is 25.6 Å². The number of fused-ring (bicyclic) bond motifs is 1. The third kappa shape index (κ3) is 4.10. The Labute approximate surface area is 144 Å². The largest absolute Gasteiger partial charge is 0.459 e. The van der Waals surface area contributed by atoms with Crippen molar-refractivity contribution in [3.63, 3.8) is 0 Å². The zero-order chi connectivity index (χ0) is 17.0. The second-order valence-corrected chi connectivity index (χ2v) is 6.50. The highest BCUT2D eigenvalue weighted by atomic mass is 35.5. The van der Waals surface area contributed by atoms with Gasteiger partial charge in [0.1, 0.15) is 22.1 Å². The molecule has 23 heavy (non-hydrogen) atoms. The lowest BCUT2D eigenvalue weighted by atomic mass is 10.2. The van der Waals surface area contributed by atoms with Crippen molar-refractivity contribution < 1.29 is 14.3 Å². The highest BCUT2D eigenvalue weighted by Gasteiger charge is 2.21. The van der Waals surface area contributed by atoms with Gasteiger partial charge in [-0.3, -0.25) is 0 Å². The number of carbonyl (C=O) groups is 1. The number of nitrogens with one attached hydrogen (secondary N) is 1. The SMILES string of the molecule is CCC(C)Nc1nc(Cl)nc2sc(C(=O)OCCOC)c(C)c12. The Morgan fingerprint density at radius 3 is 2.78 bits per heavy atom. The van der Waals surface area contributed by atoms with Gasteiger partial charge in [0.25, 0.3) is 0 Å². The molecular weight excluding hydrogens is 338 g/mol. The molecule has 1 unspecified atom stereocenters. The molecule has 2 rings (SSSR count). The number of nitrogens with zero attached hydrogens (tertiary/aromatic N) is 2. The third-order valence-corrected chi connectivity index (χ3v) is 4.80. The monoisotopic (exact) mass is 357 g/mol. The first kappa shape index (κ1) is 17.9. The van der Waals surface area contributed by atoms with Crippen LogP contribution in [0.1, 0.15) is 35.5 Å².